The van der Waals surface area contributed by atoms with Crippen LogP contribution in [-0.2, 0) is 11.3 Å². The zero-order valence-electron chi connectivity index (χ0n) is 14.8. The van der Waals surface area contributed by atoms with Crippen LogP contribution in [0.5, 0.6) is 0 Å². The average molecular weight is 338 g/mol. The van der Waals surface area contributed by atoms with Crippen LogP contribution in [0, 0.1) is 0 Å². The van der Waals surface area contributed by atoms with E-state index in [0.717, 1.165) is 48.5 Å². The van der Waals surface area contributed by atoms with Gasteiger partial charge in [-0.2, -0.15) is 0 Å². The number of nitrogens with two attached hydrogens (primary N) is 1. The van der Waals surface area contributed by atoms with Crippen molar-refractivity contribution in [3.05, 3.63) is 53.4 Å². The molecule has 0 atom stereocenters. The molecule has 0 aliphatic carbocycles. The lowest BCUT2D eigenvalue weighted by Gasteiger charge is -2.33. The van der Waals surface area contributed by atoms with Gasteiger partial charge in [-0.25, -0.2) is 4.99 Å². The van der Waals surface area contributed by atoms with Crippen molar-refractivity contribution >= 4 is 17.7 Å². The third kappa shape index (κ3) is 4.37. The first-order valence-electron chi connectivity index (χ1n) is 8.90. The van der Waals surface area contributed by atoms with E-state index in [-0.39, 0.29) is 12.5 Å². The molecule has 5 nitrogen and oxygen atoms in total. The largest absolute Gasteiger partial charge is 0.357 e. The van der Waals surface area contributed by atoms with Crippen molar-refractivity contribution < 1.29 is 4.79 Å². The number of rotatable bonds is 5. The minimum absolute atomic E-state index is 0.0413. The number of benzene rings is 1. The van der Waals surface area contributed by atoms with Crippen molar-refractivity contribution in [2.24, 2.45) is 10.7 Å². The molecule has 1 fully saturated rings. The summed E-state index contributed by atoms with van der Waals surface area (Å²) in [6.07, 6.45) is 9.71. The lowest BCUT2D eigenvalue weighted by Crippen LogP contribution is -2.35. The Morgan fingerprint density at radius 1 is 1.28 bits per heavy atom. The number of likely N-dealkylation sites (N-methyl/N-ethyl adjacent to an activating group) is 1. The minimum atomic E-state index is -0.0542. The van der Waals surface area contributed by atoms with Gasteiger partial charge >= 0.3 is 0 Å². The summed E-state index contributed by atoms with van der Waals surface area (Å²) >= 11 is 0. The number of carbonyl (C=O) groups excluding carboxylic acids is 1. The van der Waals surface area contributed by atoms with Gasteiger partial charge in [0.1, 0.15) is 5.82 Å². The molecular formula is C20H26N4O. The summed E-state index contributed by atoms with van der Waals surface area (Å²) < 4.78 is 0. The molecule has 0 unspecified atom stereocenters. The second-order valence-electron chi connectivity index (χ2n) is 6.55. The first-order chi connectivity index (χ1) is 12.2. The molecule has 1 aromatic carbocycles. The Labute approximate surface area is 149 Å². The van der Waals surface area contributed by atoms with Crippen molar-refractivity contribution in [2.45, 2.75) is 25.8 Å². The highest BCUT2D eigenvalue weighted by atomic mass is 16.2. The van der Waals surface area contributed by atoms with Gasteiger partial charge in [-0.15, -0.1) is 0 Å². The zero-order chi connectivity index (χ0) is 17.6. The van der Waals surface area contributed by atoms with Gasteiger partial charge in [0.2, 0.25) is 5.91 Å². The van der Waals surface area contributed by atoms with Gasteiger partial charge in [0.25, 0.3) is 0 Å². The van der Waals surface area contributed by atoms with Gasteiger partial charge in [-0.3, -0.25) is 4.79 Å². The van der Waals surface area contributed by atoms with Crippen LogP contribution in [-0.4, -0.2) is 48.6 Å². The van der Waals surface area contributed by atoms with Crippen molar-refractivity contribution in [3.8, 4) is 0 Å². The molecule has 3 rings (SSSR count). The third-order valence-corrected chi connectivity index (χ3v) is 4.65. The Morgan fingerprint density at radius 2 is 2.08 bits per heavy atom. The summed E-state index contributed by atoms with van der Waals surface area (Å²) in [6.45, 7) is 2.82. The molecule has 2 heterocycles. The third-order valence-electron chi connectivity index (χ3n) is 4.65. The van der Waals surface area contributed by atoms with Gasteiger partial charge < -0.3 is 15.5 Å². The SMILES string of the molecule is CN(Cc1cccc(C2=C/CC/C=C(N3CCC3)/N=C\2)c1)C(=O)CN. The predicted molar refractivity (Wildman–Crippen MR) is 102 cm³/mol. The van der Waals surface area contributed by atoms with Crippen molar-refractivity contribution in [1.82, 2.24) is 9.80 Å². The topological polar surface area (TPSA) is 61.9 Å². The summed E-state index contributed by atoms with van der Waals surface area (Å²) in [5, 5.41) is 0. The van der Waals surface area contributed by atoms with Gasteiger partial charge in [0, 0.05) is 32.9 Å². The smallest absolute Gasteiger partial charge is 0.236 e. The Balaban J connectivity index is 1.75. The van der Waals surface area contributed by atoms with Crippen molar-refractivity contribution in [3.63, 3.8) is 0 Å². The van der Waals surface area contributed by atoms with E-state index in [1.165, 1.54) is 6.42 Å². The number of likely N-dealkylation sites (tertiary alicyclic amines) is 1. The number of hydrogen-bond donors (Lipinski definition) is 1. The first kappa shape index (κ1) is 17.4. The van der Waals surface area contributed by atoms with Crippen LogP contribution >= 0.6 is 0 Å². The van der Waals surface area contributed by atoms with Crippen LogP contribution in [0.2, 0.25) is 0 Å². The molecular weight excluding hydrogens is 312 g/mol. The van der Waals surface area contributed by atoms with Crippen LogP contribution < -0.4 is 5.73 Å². The van der Waals surface area contributed by atoms with E-state index in [1.54, 1.807) is 11.9 Å². The zero-order valence-corrected chi connectivity index (χ0v) is 14.8. The predicted octanol–water partition coefficient (Wildman–Crippen LogP) is 2.40. The number of nitrogens with zero attached hydrogens (tertiary/aromatic N) is 3. The Hall–Kier alpha value is -2.40. The van der Waals surface area contributed by atoms with Crippen molar-refractivity contribution in [1.29, 1.82) is 0 Å². The molecule has 1 saturated heterocycles. The molecule has 1 aromatic rings. The molecule has 2 N–H and O–H groups in total. The molecule has 0 aromatic heterocycles. The summed E-state index contributed by atoms with van der Waals surface area (Å²) in [7, 11) is 1.78. The Bertz CT molecular complexity index is 716. The fourth-order valence-corrected chi connectivity index (χ4v) is 3.01. The average Bonchev–Trinajstić information content (AvgIpc) is 2.55. The van der Waals surface area contributed by atoms with Crippen LogP contribution in [0.25, 0.3) is 5.57 Å². The number of carbonyl (C=O) groups is 1. The fraction of sp³-hybridized carbons (Fsp3) is 0.400. The number of hydrogen-bond acceptors (Lipinski definition) is 4. The fourth-order valence-electron chi connectivity index (χ4n) is 3.01. The van der Waals surface area contributed by atoms with E-state index in [4.69, 9.17) is 10.7 Å². The van der Waals surface area contributed by atoms with Gasteiger partial charge in [0.05, 0.1) is 6.54 Å². The van der Waals surface area contributed by atoms with Crippen LogP contribution in [0.15, 0.2) is 47.2 Å². The molecule has 5 heteroatoms. The van der Waals surface area contributed by atoms with Gasteiger partial charge in [0.15, 0.2) is 0 Å². The van der Waals surface area contributed by atoms with E-state index in [0.29, 0.717) is 6.54 Å². The van der Waals surface area contributed by atoms with E-state index < -0.39 is 0 Å². The second kappa shape index (κ2) is 8.12. The number of aliphatic imine (C=N–C) groups is 1. The van der Waals surface area contributed by atoms with Gasteiger partial charge in [-0.1, -0.05) is 24.3 Å². The molecule has 0 saturated carbocycles. The first-order valence-corrected chi connectivity index (χ1v) is 8.90. The molecule has 1 amide bonds. The maximum atomic E-state index is 11.7. The normalized spacial score (nSPS) is 22.6. The monoisotopic (exact) mass is 338 g/mol. The number of amides is 1. The lowest BCUT2D eigenvalue weighted by molar-refractivity contribution is -0.128. The maximum Gasteiger partial charge on any atom is 0.236 e. The van der Waals surface area contributed by atoms with E-state index in [2.05, 4.69) is 29.2 Å². The summed E-state index contributed by atoms with van der Waals surface area (Å²) in [5.74, 6) is 1.04. The molecule has 2 aliphatic heterocycles. The van der Waals surface area contributed by atoms with E-state index in [9.17, 15) is 4.79 Å². The summed E-state index contributed by atoms with van der Waals surface area (Å²) in [6, 6.07) is 8.30. The van der Waals surface area contributed by atoms with Crippen LogP contribution in [0.4, 0.5) is 0 Å². The summed E-state index contributed by atoms with van der Waals surface area (Å²) in [4.78, 5) is 20.4. The Morgan fingerprint density at radius 3 is 2.80 bits per heavy atom. The molecule has 25 heavy (non-hydrogen) atoms. The minimum Gasteiger partial charge on any atom is -0.357 e. The lowest BCUT2D eigenvalue weighted by atomic mass is 10.0. The number of allylic oxidation sites excluding steroid dienone is 3. The molecule has 0 radical (unpaired) electrons. The molecule has 0 spiro atoms. The van der Waals surface area contributed by atoms with Crippen molar-refractivity contribution in [2.75, 3.05) is 26.7 Å². The Kier molecular flexibility index (Phi) is 5.66. The highest BCUT2D eigenvalue weighted by molar-refractivity contribution is 6.10. The molecule has 132 valence electrons. The van der Waals surface area contributed by atoms with Crippen LogP contribution in [0.3, 0.4) is 0 Å². The molecule has 0 bridgehead atoms. The van der Waals surface area contributed by atoms with Gasteiger partial charge in [-0.05, 0) is 48.1 Å². The van der Waals surface area contributed by atoms with Crippen LogP contribution in [0.1, 0.15) is 30.4 Å². The maximum absolute atomic E-state index is 11.7. The summed E-state index contributed by atoms with van der Waals surface area (Å²) in [5.41, 5.74) is 8.80. The van der Waals surface area contributed by atoms with E-state index in [1.807, 2.05) is 18.3 Å². The highest BCUT2D eigenvalue weighted by Crippen LogP contribution is 2.22. The second-order valence-corrected chi connectivity index (χ2v) is 6.55. The standard InChI is InChI=1S/C20H26N4O/c1-23(20(25)13-21)15-16-6-4-8-17(12-16)18-7-2-3-9-19(22-14-18)24-10-5-11-24/h4,6-9,12,14H,2-3,5,10-11,13,15,21H2,1H3/b18-7+,19-9-,22-14-. The highest BCUT2D eigenvalue weighted by Gasteiger charge is 2.16. The quantitative estimate of drug-likeness (QED) is 0.897. The van der Waals surface area contributed by atoms with E-state index >= 15 is 0 Å². The molecule has 2 aliphatic rings.